The molecule has 0 radical (unpaired) electrons. The van der Waals surface area contributed by atoms with Crippen LogP contribution in [0.1, 0.15) is 52.0 Å². The fourth-order valence-electron chi connectivity index (χ4n) is 2.07. The Kier molecular flexibility index (Phi) is 8.26. The Balaban J connectivity index is 2.50. The predicted molar refractivity (Wildman–Crippen MR) is 92.3 cm³/mol. The van der Waals surface area contributed by atoms with Crippen LogP contribution in [-0.2, 0) is 20.7 Å². The van der Waals surface area contributed by atoms with Crippen molar-refractivity contribution in [2.45, 2.75) is 58.5 Å². The number of esters is 1. The van der Waals surface area contributed by atoms with Crippen LogP contribution in [0.4, 0.5) is 0 Å². The Morgan fingerprint density at radius 1 is 1.17 bits per heavy atom. The van der Waals surface area contributed by atoms with Crippen LogP contribution >= 0.6 is 0 Å². The number of hydrogen-bond donors (Lipinski definition) is 2. The summed E-state index contributed by atoms with van der Waals surface area (Å²) in [5, 5.41) is 0. The van der Waals surface area contributed by atoms with Crippen molar-refractivity contribution < 1.29 is 19.1 Å². The van der Waals surface area contributed by atoms with Crippen molar-refractivity contribution in [3.05, 3.63) is 29.8 Å². The molecule has 6 heteroatoms. The highest BCUT2D eigenvalue weighted by Gasteiger charge is 2.31. The number of aryl methyl sites for hydroxylation is 1. The third-order valence-corrected chi connectivity index (χ3v) is 3.55. The summed E-state index contributed by atoms with van der Waals surface area (Å²) >= 11 is 0. The number of nitrogens with one attached hydrogen (secondary N) is 1. The maximum atomic E-state index is 12.0. The van der Waals surface area contributed by atoms with E-state index in [1.54, 1.807) is 13.8 Å². The van der Waals surface area contributed by atoms with E-state index in [9.17, 15) is 9.59 Å². The zero-order valence-electron chi connectivity index (χ0n) is 14.8. The van der Waals surface area contributed by atoms with Crippen LogP contribution < -0.4 is 16.0 Å². The first-order valence-electron chi connectivity index (χ1n) is 8.33. The molecule has 0 atom stereocenters. The number of carbonyl (C=O) groups excluding carboxylic acids is 2. The number of nitrogens with two attached hydrogens (primary N) is 1. The van der Waals surface area contributed by atoms with Gasteiger partial charge in [0, 0.05) is 6.42 Å². The summed E-state index contributed by atoms with van der Waals surface area (Å²) in [6, 6.07) is 7.49. The van der Waals surface area contributed by atoms with Gasteiger partial charge in [0.15, 0.2) is 5.60 Å². The van der Waals surface area contributed by atoms with Crippen molar-refractivity contribution in [2.75, 3.05) is 6.61 Å². The summed E-state index contributed by atoms with van der Waals surface area (Å²) in [5.41, 5.74) is 2.17. The second kappa shape index (κ2) is 9.93. The first-order valence-corrected chi connectivity index (χ1v) is 8.33. The molecule has 1 rings (SSSR count). The Morgan fingerprint density at radius 3 is 2.42 bits per heavy atom. The van der Waals surface area contributed by atoms with E-state index in [2.05, 4.69) is 5.43 Å². The molecule has 0 fully saturated rings. The first-order chi connectivity index (χ1) is 11.4. The maximum absolute atomic E-state index is 12.0. The molecule has 1 aromatic carbocycles. The lowest BCUT2D eigenvalue weighted by molar-refractivity contribution is -0.159. The van der Waals surface area contributed by atoms with Crippen molar-refractivity contribution in [1.29, 1.82) is 0 Å². The molecule has 24 heavy (non-hydrogen) atoms. The molecule has 0 bridgehead atoms. The van der Waals surface area contributed by atoms with Gasteiger partial charge in [0.1, 0.15) is 5.75 Å². The molecular weight excluding hydrogens is 308 g/mol. The summed E-state index contributed by atoms with van der Waals surface area (Å²) in [5.74, 6) is 5.11. The van der Waals surface area contributed by atoms with Gasteiger partial charge in [0.05, 0.1) is 6.61 Å². The van der Waals surface area contributed by atoms with Gasteiger partial charge in [-0.25, -0.2) is 10.6 Å². The molecule has 1 amide bonds. The molecule has 0 aromatic heterocycles. The Labute approximate surface area is 143 Å². The summed E-state index contributed by atoms with van der Waals surface area (Å²) in [6.07, 6.45) is 3.71. The summed E-state index contributed by atoms with van der Waals surface area (Å²) in [4.78, 5) is 23.1. The molecule has 0 aliphatic carbocycles. The number of benzene rings is 1. The van der Waals surface area contributed by atoms with Crippen molar-refractivity contribution in [2.24, 2.45) is 5.84 Å². The summed E-state index contributed by atoms with van der Waals surface area (Å²) < 4.78 is 11.0. The lowest BCUT2D eigenvalue weighted by atomic mass is 10.1. The average molecular weight is 336 g/mol. The molecule has 0 saturated carbocycles. The monoisotopic (exact) mass is 336 g/mol. The number of amides is 1. The maximum Gasteiger partial charge on any atom is 0.349 e. The molecule has 0 spiro atoms. The minimum atomic E-state index is -1.03. The van der Waals surface area contributed by atoms with Gasteiger partial charge in [-0.1, -0.05) is 25.5 Å². The van der Waals surface area contributed by atoms with E-state index in [-0.39, 0.29) is 11.9 Å². The van der Waals surface area contributed by atoms with Crippen LogP contribution in [-0.4, -0.2) is 24.1 Å². The van der Waals surface area contributed by atoms with Crippen molar-refractivity contribution in [1.82, 2.24) is 5.43 Å². The SMILES string of the molecule is CCCCOC(=O)C(C)(C)Oc1ccc(CCCC(=O)NN)cc1. The highest BCUT2D eigenvalue weighted by molar-refractivity contribution is 5.79. The third-order valence-electron chi connectivity index (χ3n) is 3.55. The highest BCUT2D eigenvalue weighted by atomic mass is 16.6. The van der Waals surface area contributed by atoms with E-state index < -0.39 is 5.60 Å². The topological polar surface area (TPSA) is 90.6 Å². The lowest BCUT2D eigenvalue weighted by Crippen LogP contribution is -2.39. The fourth-order valence-corrected chi connectivity index (χ4v) is 2.07. The second-order valence-electron chi connectivity index (χ2n) is 6.17. The van der Waals surface area contributed by atoms with E-state index in [0.29, 0.717) is 18.8 Å². The summed E-state index contributed by atoms with van der Waals surface area (Å²) in [7, 11) is 0. The van der Waals surface area contributed by atoms with Gasteiger partial charge in [-0.2, -0.15) is 0 Å². The molecule has 3 N–H and O–H groups in total. The van der Waals surface area contributed by atoms with Crippen LogP contribution in [0.5, 0.6) is 5.75 Å². The zero-order chi connectivity index (χ0) is 18.0. The van der Waals surface area contributed by atoms with Crippen LogP contribution in [0.3, 0.4) is 0 Å². The Morgan fingerprint density at radius 2 is 1.83 bits per heavy atom. The molecule has 0 unspecified atom stereocenters. The molecule has 6 nitrogen and oxygen atoms in total. The van der Waals surface area contributed by atoms with Gasteiger partial charge in [-0.05, 0) is 50.8 Å². The van der Waals surface area contributed by atoms with Crippen molar-refractivity contribution in [3.63, 3.8) is 0 Å². The third kappa shape index (κ3) is 7.00. The van der Waals surface area contributed by atoms with E-state index >= 15 is 0 Å². The number of ether oxygens (including phenoxy) is 2. The normalized spacial score (nSPS) is 11.0. The van der Waals surface area contributed by atoms with E-state index in [1.807, 2.05) is 31.2 Å². The minimum absolute atomic E-state index is 0.168. The molecule has 0 heterocycles. The van der Waals surface area contributed by atoms with Crippen molar-refractivity contribution >= 4 is 11.9 Å². The zero-order valence-corrected chi connectivity index (χ0v) is 14.8. The molecular formula is C18H28N2O4. The van der Waals surface area contributed by atoms with Gasteiger partial charge in [0.2, 0.25) is 5.91 Å². The smallest absolute Gasteiger partial charge is 0.349 e. The molecule has 0 aliphatic rings. The van der Waals surface area contributed by atoms with Gasteiger partial charge in [-0.3, -0.25) is 10.2 Å². The van der Waals surface area contributed by atoms with Crippen LogP contribution in [0.2, 0.25) is 0 Å². The van der Waals surface area contributed by atoms with Crippen LogP contribution in [0, 0.1) is 0 Å². The number of hydrogen-bond acceptors (Lipinski definition) is 5. The van der Waals surface area contributed by atoms with E-state index in [0.717, 1.165) is 31.2 Å². The Hall–Kier alpha value is -2.08. The number of rotatable bonds is 10. The largest absolute Gasteiger partial charge is 0.476 e. The minimum Gasteiger partial charge on any atom is -0.476 e. The predicted octanol–water partition coefficient (Wildman–Crippen LogP) is 2.50. The number of unbranched alkanes of at least 4 members (excludes halogenated alkanes) is 1. The summed E-state index contributed by atoms with van der Waals surface area (Å²) in [6.45, 7) is 5.85. The second-order valence-corrected chi connectivity index (χ2v) is 6.17. The van der Waals surface area contributed by atoms with Crippen LogP contribution in [0.25, 0.3) is 0 Å². The molecule has 1 aromatic rings. The number of carbonyl (C=O) groups is 2. The lowest BCUT2D eigenvalue weighted by Gasteiger charge is -2.24. The first kappa shape index (κ1) is 20.0. The van der Waals surface area contributed by atoms with E-state index in [1.165, 1.54) is 0 Å². The Bertz CT molecular complexity index is 526. The highest BCUT2D eigenvalue weighted by Crippen LogP contribution is 2.21. The van der Waals surface area contributed by atoms with Gasteiger partial charge < -0.3 is 9.47 Å². The quantitative estimate of drug-likeness (QED) is 0.225. The van der Waals surface area contributed by atoms with Gasteiger partial charge >= 0.3 is 5.97 Å². The van der Waals surface area contributed by atoms with Crippen LogP contribution in [0.15, 0.2) is 24.3 Å². The van der Waals surface area contributed by atoms with Gasteiger partial charge in [0.25, 0.3) is 0 Å². The molecule has 0 aliphatic heterocycles. The average Bonchev–Trinajstić information content (AvgIpc) is 2.56. The molecule has 0 saturated heterocycles. The fraction of sp³-hybridized carbons (Fsp3) is 0.556. The number of hydrazine groups is 1. The standard InChI is InChI=1S/C18H28N2O4/c1-4-5-13-23-17(22)18(2,3)24-15-11-9-14(10-12-15)7-6-8-16(21)20-19/h9-12H,4-8,13,19H2,1-3H3,(H,20,21). The van der Waals surface area contributed by atoms with Gasteiger partial charge in [-0.15, -0.1) is 0 Å². The molecule has 134 valence electrons. The van der Waals surface area contributed by atoms with E-state index in [4.69, 9.17) is 15.3 Å². The van der Waals surface area contributed by atoms with Crippen molar-refractivity contribution in [3.8, 4) is 5.75 Å².